The molecule has 0 fully saturated rings. The van der Waals surface area contributed by atoms with E-state index in [1.54, 1.807) is 12.1 Å². The van der Waals surface area contributed by atoms with Crippen LogP contribution in [0, 0.1) is 0 Å². The van der Waals surface area contributed by atoms with Crippen molar-refractivity contribution in [2.24, 2.45) is 0 Å². The molecular weight excluding hydrogens is 262 g/mol. The highest BCUT2D eigenvalue weighted by molar-refractivity contribution is 7.99. The van der Waals surface area contributed by atoms with Gasteiger partial charge >= 0.3 is 5.97 Å². The van der Waals surface area contributed by atoms with Gasteiger partial charge in [0.25, 0.3) is 0 Å². The van der Waals surface area contributed by atoms with E-state index >= 15 is 0 Å². The van der Waals surface area contributed by atoms with Crippen LogP contribution >= 0.6 is 11.8 Å². The molecule has 106 valence electrons. The SMILES string of the molecule is CC(C)(C)OC(=O)CSCCOc1ccc(N)cc1. The van der Waals surface area contributed by atoms with Crippen molar-refractivity contribution in [3.05, 3.63) is 24.3 Å². The number of nitrogen functional groups attached to an aromatic ring is 1. The zero-order valence-electron chi connectivity index (χ0n) is 11.6. The molecule has 0 radical (unpaired) electrons. The van der Waals surface area contributed by atoms with Gasteiger partial charge in [0.15, 0.2) is 0 Å². The van der Waals surface area contributed by atoms with Gasteiger partial charge < -0.3 is 15.2 Å². The average Bonchev–Trinajstić information content (AvgIpc) is 2.29. The molecule has 0 aliphatic carbocycles. The topological polar surface area (TPSA) is 61.5 Å². The number of anilines is 1. The summed E-state index contributed by atoms with van der Waals surface area (Å²) >= 11 is 1.50. The molecule has 4 nitrogen and oxygen atoms in total. The van der Waals surface area contributed by atoms with Crippen LogP contribution in [0.15, 0.2) is 24.3 Å². The number of esters is 1. The van der Waals surface area contributed by atoms with Crippen LogP contribution in [0.1, 0.15) is 20.8 Å². The van der Waals surface area contributed by atoms with Crippen LogP contribution in [-0.2, 0) is 9.53 Å². The highest BCUT2D eigenvalue weighted by Crippen LogP contribution is 2.14. The van der Waals surface area contributed by atoms with Crippen LogP contribution < -0.4 is 10.5 Å². The van der Waals surface area contributed by atoms with Crippen LogP contribution in [0.3, 0.4) is 0 Å². The van der Waals surface area contributed by atoms with Crippen molar-refractivity contribution in [2.45, 2.75) is 26.4 Å². The van der Waals surface area contributed by atoms with E-state index in [-0.39, 0.29) is 5.97 Å². The normalized spacial score (nSPS) is 11.1. The van der Waals surface area contributed by atoms with Crippen molar-refractivity contribution in [1.29, 1.82) is 0 Å². The van der Waals surface area contributed by atoms with Crippen molar-refractivity contribution in [1.82, 2.24) is 0 Å². The Morgan fingerprint density at radius 3 is 2.47 bits per heavy atom. The minimum absolute atomic E-state index is 0.190. The molecule has 19 heavy (non-hydrogen) atoms. The van der Waals surface area contributed by atoms with Crippen molar-refractivity contribution < 1.29 is 14.3 Å². The molecule has 0 aliphatic rings. The Bertz CT molecular complexity index is 398. The van der Waals surface area contributed by atoms with Gasteiger partial charge in [0.1, 0.15) is 11.4 Å². The maximum atomic E-state index is 11.4. The fourth-order valence-corrected chi connectivity index (χ4v) is 1.88. The Hall–Kier alpha value is -1.36. The third kappa shape index (κ3) is 7.62. The number of carbonyl (C=O) groups is 1. The molecule has 0 atom stereocenters. The van der Waals surface area contributed by atoms with E-state index in [4.69, 9.17) is 15.2 Å². The van der Waals surface area contributed by atoms with Gasteiger partial charge in [0, 0.05) is 11.4 Å². The molecule has 0 heterocycles. The van der Waals surface area contributed by atoms with Crippen LogP contribution in [0.5, 0.6) is 5.75 Å². The van der Waals surface area contributed by atoms with Crippen molar-refractivity contribution in [3.63, 3.8) is 0 Å². The Kier molecular flexibility index (Phi) is 6.02. The average molecular weight is 283 g/mol. The van der Waals surface area contributed by atoms with Gasteiger partial charge in [0.2, 0.25) is 0 Å². The van der Waals surface area contributed by atoms with E-state index in [9.17, 15) is 4.79 Å². The molecule has 1 aromatic carbocycles. The smallest absolute Gasteiger partial charge is 0.316 e. The van der Waals surface area contributed by atoms with Gasteiger partial charge in [-0.25, -0.2) is 0 Å². The summed E-state index contributed by atoms with van der Waals surface area (Å²) in [5, 5.41) is 0. The number of thioether (sulfide) groups is 1. The third-order valence-corrected chi connectivity index (χ3v) is 2.91. The van der Waals surface area contributed by atoms with Crippen LogP contribution in [-0.4, -0.2) is 29.7 Å². The monoisotopic (exact) mass is 283 g/mol. The van der Waals surface area contributed by atoms with Gasteiger partial charge in [-0.15, -0.1) is 11.8 Å². The second-order valence-electron chi connectivity index (χ2n) is 5.06. The van der Waals surface area contributed by atoms with Crippen molar-refractivity contribution in [2.75, 3.05) is 23.8 Å². The van der Waals surface area contributed by atoms with Crippen LogP contribution in [0.2, 0.25) is 0 Å². The predicted octanol–water partition coefficient (Wildman–Crippen LogP) is 2.72. The van der Waals surface area contributed by atoms with Crippen LogP contribution in [0.4, 0.5) is 5.69 Å². The summed E-state index contributed by atoms with van der Waals surface area (Å²) < 4.78 is 10.7. The van der Waals surface area contributed by atoms with E-state index in [1.165, 1.54) is 11.8 Å². The first-order chi connectivity index (χ1) is 8.87. The first-order valence-electron chi connectivity index (χ1n) is 6.15. The van der Waals surface area contributed by atoms with Gasteiger partial charge in [-0.3, -0.25) is 4.79 Å². The zero-order chi connectivity index (χ0) is 14.3. The van der Waals surface area contributed by atoms with E-state index in [0.29, 0.717) is 18.0 Å². The maximum Gasteiger partial charge on any atom is 0.316 e. The largest absolute Gasteiger partial charge is 0.493 e. The summed E-state index contributed by atoms with van der Waals surface area (Å²) in [7, 11) is 0. The van der Waals surface area contributed by atoms with Crippen LogP contribution in [0.25, 0.3) is 0 Å². The molecule has 0 saturated heterocycles. The summed E-state index contributed by atoms with van der Waals surface area (Å²) in [5.41, 5.74) is 5.87. The molecule has 0 amide bonds. The minimum Gasteiger partial charge on any atom is -0.493 e. The highest BCUT2D eigenvalue weighted by Gasteiger charge is 2.15. The minimum atomic E-state index is -0.419. The second kappa shape index (κ2) is 7.28. The summed E-state index contributed by atoms with van der Waals surface area (Å²) in [6, 6.07) is 7.24. The number of nitrogens with two attached hydrogens (primary N) is 1. The molecule has 5 heteroatoms. The first kappa shape index (κ1) is 15.7. The molecule has 0 saturated carbocycles. The lowest BCUT2D eigenvalue weighted by atomic mass is 10.2. The summed E-state index contributed by atoms with van der Waals surface area (Å²) in [6.07, 6.45) is 0. The highest BCUT2D eigenvalue weighted by atomic mass is 32.2. The molecular formula is C14H21NO3S. The first-order valence-corrected chi connectivity index (χ1v) is 7.30. The van der Waals surface area contributed by atoms with Crippen molar-refractivity contribution >= 4 is 23.4 Å². The number of ether oxygens (including phenoxy) is 2. The Balaban J connectivity index is 2.11. The van der Waals surface area contributed by atoms with Gasteiger partial charge in [-0.05, 0) is 45.0 Å². The van der Waals surface area contributed by atoms with E-state index in [2.05, 4.69) is 0 Å². The second-order valence-corrected chi connectivity index (χ2v) is 6.16. The lowest BCUT2D eigenvalue weighted by Gasteiger charge is -2.19. The van der Waals surface area contributed by atoms with Gasteiger partial charge in [-0.1, -0.05) is 0 Å². The maximum absolute atomic E-state index is 11.4. The molecule has 0 bridgehead atoms. The molecule has 2 N–H and O–H groups in total. The Labute approximate surface area is 118 Å². The predicted molar refractivity (Wildman–Crippen MR) is 79.5 cm³/mol. The molecule has 1 rings (SSSR count). The number of hydrogen-bond donors (Lipinski definition) is 1. The lowest BCUT2D eigenvalue weighted by Crippen LogP contribution is -2.25. The number of carbonyl (C=O) groups excluding carboxylic acids is 1. The summed E-state index contributed by atoms with van der Waals surface area (Å²) in [6.45, 7) is 6.14. The van der Waals surface area contributed by atoms with Gasteiger partial charge in [0.05, 0.1) is 12.4 Å². The number of hydrogen-bond acceptors (Lipinski definition) is 5. The quantitative estimate of drug-likeness (QED) is 0.494. The standard InChI is InChI=1S/C14H21NO3S/c1-14(2,3)18-13(16)10-19-9-8-17-12-6-4-11(15)5-7-12/h4-7H,8-10,15H2,1-3H3. The summed E-state index contributed by atoms with van der Waals surface area (Å²) in [5.74, 6) is 1.68. The number of benzene rings is 1. The molecule has 0 spiro atoms. The summed E-state index contributed by atoms with van der Waals surface area (Å²) in [4.78, 5) is 11.4. The van der Waals surface area contributed by atoms with Crippen molar-refractivity contribution in [3.8, 4) is 5.75 Å². The van der Waals surface area contributed by atoms with E-state index in [1.807, 2.05) is 32.9 Å². The van der Waals surface area contributed by atoms with E-state index < -0.39 is 5.60 Å². The molecule has 0 unspecified atom stereocenters. The fourth-order valence-electron chi connectivity index (χ4n) is 1.31. The lowest BCUT2D eigenvalue weighted by molar-refractivity contribution is -0.151. The van der Waals surface area contributed by atoms with E-state index in [0.717, 1.165) is 11.5 Å². The fraction of sp³-hybridized carbons (Fsp3) is 0.500. The molecule has 0 aromatic heterocycles. The zero-order valence-corrected chi connectivity index (χ0v) is 12.5. The Morgan fingerprint density at radius 2 is 1.89 bits per heavy atom. The van der Waals surface area contributed by atoms with Gasteiger partial charge in [-0.2, -0.15) is 0 Å². The number of rotatable bonds is 6. The Morgan fingerprint density at radius 1 is 1.26 bits per heavy atom. The molecule has 1 aromatic rings. The third-order valence-electron chi connectivity index (χ3n) is 2.02. The molecule has 0 aliphatic heterocycles.